The van der Waals surface area contributed by atoms with Gasteiger partial charge in [0.2, 0.25) is 0 Å². The zero-order chi connectivity index (χ0) is 10.9. The topological polar surface area (TPSA) is 64.9 Å². The molecule has 2 N–H and O–H groups in total. The lowest BCUT2D eigenvalue weighted by atomic mass is 10.3. The fraction of sp³-hybridized carbons (Fsp3) is 0.400. The standard InChI is InChI=1S/C10H15N3O2/c14-9-7-11-6-8-13(12-15)10-4-2-1-3-5-10/h1-5,11,14H,6-9H2. The molecule has 5 heteroatoms. The van der Waals surface area contributed by atoms with E-state index in [1.165, 1.54) is 5.01 Å². The SMILES string of the molecule is O=NN(CCNCCO)c1ccccc1. The fourth-order valence-electron chi connectivity index (χ4n) is 1.21. The summed E-state index contributed by atoms with van der Waals surface area (Å²) in [5, 5.41) is 15.8. The minimum Gasteiger partial charge on any atom is -0.395 e. The van der Waals surface area contributed by atoms with Gasteiger partial charge in [0.15, 0.2) is 0 Å². The molecule has 0 spiro atoms. The van der Waals surface area contributed by atoms with E-state index in [9.17, 15) is 4.91 Å². The summed E-state index contributed by atoms with van der Waals surface area (Å²) in [6.45, 7) is 1.73. The van der Waals surface area contributed by atoms with Crippen LogP contribution in [0.3, 0.4) is 0 Å². The van der Waals surface area contributed by atoms with Crippen molar-refractivity contribution >= 4 is 5.69 Å². The average molecular weight is 209 g/mol. The van der Waals surface area contributed by atoms with Crippen LogP contribution in [0.4, 0.5) is 5.69 Å². The number of nitrogens with one attached hydrogen (secondary N) is 1. The summed E-state index contributed by atoms with van der Waals surface area (Å²) in [5.41, 5.74) is 0.776. The Morgan fingerprint density at radius 2 is 2.00 bits per heavy atom. The van der Waals surface area contributed by atoms with Crippen molar-refractivity contribution in [1.82, 2.24) is 5.32 Å². The number of hydrogen-bond donors (Lipinski definition) is 2. The molecule has 0 aliphatic rings. The molecule has 0 saturated heterocycles. The summed E-state index contributed by atoms with van der Waals surface area (Å²) < 4.78 is 0. The van der Waals surface area contributed by atoms with E-state index in [1.807, 2.05) is 30.3 Å². The van der Waals surface area contributed by atoms with Gasteiger partial charge in [-0.05, 0) is 12.1 Å². The van der Waals surface area contributed by atoms with E-state index in [4.69, 9.17) is 5.11 Å². The predicted molar refractivity (Wildman–Crippen MR) is 59.5 cm³/mol. The monoisotopic (exact) mass is 209 g/mol. The fourth-order valence-corrected chi connectivity index (χ4v) is 1.21. The van der Waals surface area contributed by atoms with Crippen molar-refractivity contribution in [3.63, 3.8) is 0 Å². The molecule has 0 saturated carbocycles. The van der Waals surface area contributed by atoms with E-state index < -0.39 is 0 Å². The molecule has 0 aliphatic carbocycles. The van der Waals surface area contributed by atoms with Gasteiger partial charge in [0.1, 0.15) is 0 Å². The highest BCUT2D eigenvalue weighted by atomic mass is 16.3. The Balaban J connectivity index is 2.39. The van der Waals surface area contributed by atoms with Gasteiger partial charge in [0.05, 0.1) is 24.1 Å². The highest BCUT2D eigenvalue weighted by molar-refractivity contribution is 5.44. The molecule has 5 nitrogen and oxygen atoms in total. The van der Waals surface area contributed by atoms with E-state index in [1.54, 1.807) is 0 Å². The second kappa shape index (κ2) is 6.92. The van der Waals surface area contributed by atoms with E-state index >= 15 is 0 Å². The molecule has 0 bridgehead atoms. The summed E-state index contributed by atoms with van der Waals surface area (Å²) >= 11 is 0. The number of para-hydroxylation sites is 1. The van der Waals surface area contributed by atoms with E-state index in [-0.39, 0.29) is 6.61 Å². The lowest BCUT2D eigenvalue weighted by Gasteiger charge is -2.14. The highest BCUT2D eigenvalue weighted by Gasteiger charge is 2.04. The minimum absolute atomic E-state index is 0.0971. The molecule has 0 atom stereocenters. The Labute approximate surface area is 88.7 Å². The third-order valence-corrected chi connectivity index (χ3v) is 1.94. The second-order valence-corrected chi connectivity index (χ2v) is 3.01. The Morgan fingerprint density at radius 1 is 1.27 bits per heavy atom. The highest BCUT2D eigenvalue weighted by Crippen LogP contribution is 2.12. The van der Waals surface area contributed by atoms with Gasteiger partial charge in [-0.2, -0.15) is 0 Å². The van der Waals surface area contributed by atoms with Crippen LogP contribution in [0.15, 0.2) is 35.6 Å². The van der Waals surface area contributed by atoms with Gasteiger partial charge < -0.3 is 10.4 Å². The molecular formula is C10H15N3O2. The van der Waals surface area contributed by atoms with Crippen LogP contribution in [0.1, 0.15) is 0 Å². The normalized spacial score (nSPS) is 9.93. The van der Waals surface area contributed by atoms with Crippen LogP contribution in [0.25, 0.3) is 0 Å². The molecule has 1 aromatic carbocycles. The lowest BCUT2D eigenvalue weighted by molar-refractivity contribution is 0.293. The number of benzene rings is 1. The van der Waals surface area contributed by atoms with Crippen LogP contribution in [-0.2, 0) is 0 Å². The first kappa shape index (κ1) is 11.6. The Kier molecular flexibility index (Phi) is 5.35. The largest absolute Gasteiger partial charge is 0.395 e. The number of nitrogens with zero attached hydrogens (tertiary/aromatic N) is 2. The zero-order valence-corrected chi connectivity index (χ0v) is 8.47. The third-order valence-electron chi connectivity index (χ3n) is 1.94. The van der Waals surface area contributed by atoms with Crippen molar-refractivity contribution in [2.24, 2.45) is 5.29 Å². The van der Waals surface area contributed by atoms with Crippen molar-refractivity contribution in [2.75, 3.05) is 31.3 Å². The molecule has 0 amide bonds. The Hall–Kier alpha value is -1.46. The van der Waals surface area contributed by atoms with Gasteiger partial charge in [0.25, 0.3) is 0 Å². The van der Waals surface area contributed by atoms with Crippen LogP contribution in [0, 0.1) is 4.91 Å². The number of aliphatic hydroxyl groups excluding tert-OH is 1. The molecule has 0 fully saturated rings. The summed E-state index contributed by atoms with van der Waals surface area (Å²) in [6.07, 6.45) is 0. The maximum atomic E-state index is 10.6. The summed E-state index contributed by atoms with van der Waals surface area (Å²) in [6, 6.07) is 9.25. The number of hydrogen-bond acceptors (Lipinski definition) is 4. The van der Waals surface area contributed by atoms with Crippen LogP contribution in [0.2, 0.25) is 0 Å². The quantitative estimate of drug-likeness (QED) is 0.395. The lowest BCUT2D eigenvalue weighted by Crippen LogP contribution is -2.29. The van der Waals surface area contributed by atoms with E-state index in [2.05, 4.69) is 10.6 Å². The number of anilines is 1. The molecule has 0 unspecified atom stereocenters. The molecule has 15 heavy (non-hydrogen) atoms. The van der Waals surface area contributed by atoms with Crippen molar-refractivity contribution in [3.8, 4) is 0 Å². The molecule has 0 aliphatic heterocycles. The van der Waals surface area contributed by atoms with Gasteiger partial charge in [0, 0.05) is 13.1 Å². The number of nitroso groups, excluding NO2 is 1. The molecule has 0 radical (unpaired) electrons. The molecule has 82 valence electrons. The van der Waals surface area contributed by atoms with Gasteiger partial charge in [-0.25, -0.2) is 5.01 Å². The first-order chi connectivity index (χ1) is 7.38. The second-order valence-electron chi connectivity index (χ2n) is 3.01. The minimum atomic E-state index is 0.0971. The van der Waals surface area contributed by atoms with Gasteiger partial charge in [-0.3, -0.25) is 0 Å². The van der Waals surface area contributed by atoms with Crippen LogP contribution >= 0.6 is 0 Å². The molecular weight excluding hydrogens is 194 g/mol. The van der Waals surface area contributed by atoms with Gasteiger partial charge >= 0.3 is 0 Å². The first-order valence-electron chi connectivity index (χ1n) is 4.86. The van der Waals surface area contributed by atoms with Crippen molar-refractivity contribution in [3.05, 3.63) is 35.2 Å². The zero-order valence-electron chi connectivity index (χ0n) is 8.47. The van der Waals surface area contributed by atoms with E-state index in [0.29, 0.717) is 19.6 Å². The van der Waals surface area contributed by atoms with Crippen LogP contribution in [0.5, 0.6) is 0 Å². The number of rotatable bonds is 7. The molecule has 0 aromatic heterocycles. The van der Waals surface area contributed by atoms with Crippen molar-refractivity contribution in [1.29, 1.82) is 0 Å². The van der Waals surface area contributed by atoms with Crippen LogP contribution in [-0.4, -0.2) is 31.3 Å². The molecule has 0 heterocycles. The van der Waals surface area contributed by atoms with Crippen LogP contribution < -0.4 is 10.3 Å². The maximum absolute atomic E-state index is 10.6. The molecule has 1 aromatic rings. The Bertz CT molecular complexity index is 279. The summed E-state index contributed by atoms with van der Waals surface area (Å²) in [5.74, 6) is 0. The maximum Gasteiger partial charge on any atom is 0.0626 e. The third kappa shape index (κ3) is 4.05. The Morgan fingerprint density at radius 3 is 2.60 bits per heavy atom. The summed E-state index contributed by atoms with van der Waals surface area (Å²) in [7, 11) is 0. The van der Waals surface area contributed by atoms with Gasteiger partial charge in [-0.15, -0.1) is 4.91 Å². The summed E-state index contributed by atoms with van der Waals surface area (Å²) in [4.78, 5) is 10.6. The van der Waals surface area contributed by atoms with Crippen molar-refractivity contribution in [2.45, 2.75) is 0 Å². The predicted octanol–water partition coefficient (Wildman–Crippen LogP) is 0.756. The van der Waals surface area contributed by atoms with Gasteiger partial charge in [-0.1, -0.05) is 18.2 Å². The van der Waals surface area contributed by atoms with Crippen molar-refractivity contribution < 1.29 is 5.11 Å². The average Bonchev–Trinajstić information content (AvgIpc) is 2.30. The smallest absolute Gasteiger partial charge is 0.0626 e. The number of aliphatic hydroxyl groups is 1. The molecule has 1 rings (SSSR count). The van der Waals surface area contributed by atoms with E-state index in [0.717, 1.165) is 5.69 Å². The first-order valence-corrected chi connectivity index (χ1v) is 4.86.